The van der Waals surface area contributed by atoms with E-state index in [1.165, 1.54) is 0 Å². The summed E-state index contributed by atoms with van der Waals surface area (Å²) in [4.78, 5) is 28.6. The molecule has 1 atom stereocenters. The van der Waals surface area contributed by atoms with Gasteiger partial charge in [-0.3, -0.25) is 9.59 Å². The Bertz CT molecular complexity index is 390. The van der Waals surface area contributed by atoms with E-state index in [9.17, 15) is 9.59 Å². The van der Waals surface area contributed by atoms with Crippen LogP contribution >= 0.6 is 0 Å². The maximum Gasteiger partial charge on any atom is 0.246 e. The molecule has 3 heterocycles. The number of piperazine rings is 1. The number of amides is 2. The van der Waals surface area contributed by atoms with Crippen molar-refractivity contribution in [2.75, 3.05) is 26.3 Å². The van der Waals surface area contributed by atoms with Gasteiger partial charge in [0.25, 0.3) is 0 Å². The highest BCUT2D eigenvalue weighted by Gasteiger charge is 2.47. The maximum absolute atomic E-state index is 12.7. The lowest BCUT2D eigenvalue weighted by Gasteiger charge is -2.50. The van der Waals surface area contributed by atoms with E-state index in [-0.39, 0.29) is 29.9 Å². The molecule has 0 aliphatic carbocycles. The second-order valence-corrected chi connectivity index (χ2v) is 6.13. The average molecular weight is 266 g/mol. The third kappa shape index (κ3) is 2.14. The summed E-state index contributed by atoms with van der Waals surface area (Å²) < 4.78 is 5.39. The van der Waals surface area contributed by atoms with Crippen LogP contribution in [0.25, 0.3) is 0 Å². The van der Waals surface area contributed by atoms with Gasteiger partial charge in [-0.05, 0) is 39.0 Å². The van der Waals surface area contributed by atoms with Crippen LogP contribution in [0.3, 0.4) is 0 Å². The predicted molar refractivity (Wildman–Crippen MR) is 69.5 cm³/mol. The number of hydrogen-bond acceptors (Lipinski definition) is 3. The van der Waals surface area contributed by atoms with Gasteiger partial charge < -0.3 is 14.5 Å². The lowest BCUT2D eigenvalue weighted by atomic mass is 9.87. The lowest BCUT2D eigenvalue weighted by Crippen LogP contribution is -2.67. The van der Waals surface area contributed by atoms with Gasteiger partial charge >= 0.3 is 0 Å². The molecule has 0 N–H and O–H groups in total. The molecule has 0 radical (unpaired) electrons. The van der Waals surface area contributed by atoms with E-state index in [0.29, 0.717) is 13.2 Å². The molecule has 106 valence electrons. The summed E-state index contributed by atoms with van der Waals surface area (Å²) in [5, 5.41) is 0. The van der Waals surface area contributed by atoms with Crippen molar-refractivity contribution in [3.8, 4) is 0 Å². The number of fused-ring (bicyclic) bond motifs is 1. The fraction of sp³-hybridized carbons (Fsp3) is 0.857. The van der Waals surface area contributed by atoms with Crippen molar-refractivity contribution >= 4 is 11.8 Å². The number of hydrogen-bond donors (Lipinski definition) is 0. The highest BCUT2D eigenvalue weighted by Crippen LogP contribution is 2.33. The highest BCUT2D eigenvalue weighted by molar-refractivity contribution is 5.95. The van der Waals surface area contributed by atoms with Gasteiger partial charge in [-0.2, -0.15) is 0 Å². The number of nitrogens with zero attached hydrogens (tertiary/aromatic N) is 2. The molecule has 3 fully saturated rings. The van der Waals surface area contributed by atoms with Crippen molar-refractivity contribution in [1.29, 1.82) is 0 Å². The van der Waals surface area contributed by atoms with Crippen LogP contribution in [0.1, 0.15) is 39.0 Å². The largest absolute Gasteiger partial charge is 0.381 e. The molecule has 0 bridgehead atoms. The van der Waals surface area contributed by atoms with Gasteiger partial charge in [-0.1, -0.05) is 0 Å². The molecule has 3 rings (SSSR count). The Kier molecular flexibility index (Phi) is 3.25. The molecule has 0 spiro atoms. The molecular formula is C14H22N2O3. The molecule has 0 aromatic carbocycles. The van der Waals surface area contributed by atoms with Crippen LogP contribution in [0, 0.1) is 0 Å². The third-order valence-electron chi connectivity index (χ3n) is 4.89. The Morgan fingerprint density at radius 3 is 2.68 bits per heavy atom. The minimum absolute atomic E-state index is 0.122. The van der Waals surface area contributed by atoms with Gasteiger partial charge in [0, 0.05) is 25.3 Å². The minimum atomic E-state index is -0.200. The molecule has 3 aliphatic rings. The van der Waals surface area contributed by atoms with Gasteiger partial charge in [-0.25, -0.2) is 0 Å². The predicted octanol–water partition coefficient (Wildman–Crippen LogP) is 0.779. The van der Waals surface area contributed by atoms with Crippen LogP contribution in [0.5, 0.6) is 0 Å². The topological polar surface area (TPSA) is 49.9 Å². The molecular weight excluding hydrogens is 244 g/mol. The summed E-state index contributed by atoms with van der Waals surface area (Å²) in [5.41, 5.74) is -0.200. The third-order valence-corrected chi connectivity index (χ3v) is 4.89. The molecule has 2 amide bonds. The standard InChI is InChI=1S/C14H22N2O3/c1-14(5-8-19-9-6-14)16-10-12(17)15-7-3-2-4-11(15)13(16)18/h11H,2-10H2,1H3. The van der Waals surface area contributed by atoms with Gasteiger partial charge in [0.2, 0.25) is 11.8 Å². The quantitative estimate of drug-likeness (QED) is 0.704. The number of piperidine rings is 1. The van der Waals surface area contributed by atoms with E-state index >= 15 is 0 Å². The van der Waals surface area contributed by atoms with Gasteiger partial charge in [-0.15, -0.1) is 0 Å². The van der Waals surface area contributed by atoms with Crippen molar-refractivity contribution in [2.24, 2.45) is 0 Å². The Labute approximate surface area is 113 Å². The second kappa shape index (κ2) is 4.78. The van der Waals surface area contributed by atoms with Crippen molar-refractivity contribution in [1.82, 2.24) is 9.80 Å². The monoisotopic (exact) mass is 266 g/mol. The van der Waals surface area contributed by atoms with E-state index < -0.39 is 0 Å². The first-order chi connectivity index (χ1) is 9.12. The first kappa shape index (κ1) is 12.9. The fourth-order valence-electron chi connectivity index (χ4n) is 3.51. The SMILES string of the molecule is CC1(N2CC(=O)N3CCCCC3C2=O)CCOCC1. The summed E-state index contributed by atoms with van der Waals surface area (Å²) in [7, 11) is 0. The summed E-state index contributed by atoms with van der Waals surface area (Å²) in [6.07, 6.45) is 4.57. The normalized spacial score (nSPS) is 31.3. The van der Waals surface area contributed by atoms with Crippen LogP contribution in [0.4, 0.5) is 0 Å². The Morgan fingerprint density at radius 2 is 1.95 bits per heavy atom. The van der Waals surface area contributed by atoms with Gasteiger partial charge in [0.05, 0.1) is 0 Å². The summed E-state index contributed by atoms with van der Waals surface area (Å²) in [6, 6.07) is -0.199. The zero-order valence-corrected chi connectivity index (χ0v) is 11.6. The van der Waals surface area contributed by atoms with Crippen molar-refractivity contribution < 1.29 is 14.3 Å². The van der Waals surface area contributed by atoms with Crippen LogP contribution in [-0.2, 0) is 14.3 Å². The number of carbonyl (C=O) groups is 2. The highest BCUT2D eigenvalue weighted by atomic mass is 16.5. The molecule has 0 aromatic rings. The number of carbonyl (C=O) groups excluding carboxylic acids is 2. The number of ether oxygens (including phenoxy) is 1. The molecule has 1 unspecified atom stereocenters. The molecule has 3 saturated heterocycles. The van der Waals surface area contributed by atoms with Gasteiger partial charge in [0.1, 0.15) is 12.6 Å². The zero-order valence-electron chi connectivity index (χ0n) is 11.6. The van der Waals surface area contributed by atoms with E-state index in [0.717, 1.165) is 38.6 Å². The van der Waals surface area contributed by atoms with E-state index in [4.69, 9.17) is 4.74 Å². The minimum Gasteiger partial charge on any atom is -0.381 e. The second-order valence-electron chi connectivity index (χ2n) is 6.13. The Morgan fingerprint density at radius 1 is 1.21 bits per heavy atom. The maximum atomic E-state index is 12.7. The first-order valence-electron chi connectivity index (χ1n) is 7.30. The number of rotatable bonds is 1. The summed E-state index contributed by atoms with van der Waals surface area (Å²) in [5.74, 6) is 0.278. The molecule has 0 saturated carbocycles. The van der Waals surface area contributed by atoms with Gasteiger partial charge in [0.15, 0.2) is 0 Å². The average Bonchev–Trinajstić information content (AvgIpc) is 2.43. The Hall–Kier alpha value is -1.10. The first-order valence-corrected chi connectivity index (χ1v) is 7.30. The summed E-state index contributed by atoms with van der Waals surface area (Å²) in [6.45, 7) is 4.47. The van der Waals surface area contributed by atoms with Crippen molar-refractivity contribution in [3.63, 3.8) is 0 Å². The smallest absolute Gasteiger partial charge is 0.246 e. The van der Waals surface area contributed by atoms with Crippen molar-refractivity contribution in [2.45, 2.75) is 50.6 Å². The zero-order chi connectivity index (χ0) is 13.5. The molecule has 5 nitrogen and oxygen atoms in total. The molecule has 0 aromatic heterocycles. The van der Waals surface area contributed by atoms with Crippen LogP contribution in [0.2, 0.25) is 0 Å². The van der Waals surface area contributed by atoms with E-state index in [1.807, 2.05) is 4.90 Å². The Balaban J connectivity index is 1.82. The molecule has 3 aliphatic heterocycles. The fourth-order valence-corrected chi connectivity index (χ4v) is 3.51. The summed E-state index contributed by atoms with van der Waals surface area (Å²) >= 11 is 0. The van der Waals surface area contributed by atoms with Crippen LogP contribution < -0.4 is 0 Å². The van der Waals surface area contributed by atoms with Crippen molar-refractivity contribution in [3.05, 3.63) is 0 Å². The van der Waals surface area contributed by atoms with Crippen LogP contribution in [-0.4, -0.2) is 59.5 Å². The van der Waals surface area contributed by atoms with Crippen LogP contribution in [0.15, 0.2) is 0 Å². The lowest BCUT2D eigenvalue weighted by molar-refractivity contribution is -0.166. The molecule has 19 heavy (non-hydrogen) atoms. The molecule has 5 heteroatoms. The van der Waals surface area contributed by atoms with E-state index in [1.54, 1.807) is 4.90 Å². The van der Waals surface area contributed by atoms with E-state index in [2.05, 4.69) is 6.92 Å².